The van der Waals surface area contributed by atoms with Crippen LogP contribution in [0.4, 0.5) is 0 Å². The molecule has 4 nitrogen and oxygen atoms in total. The second kappa shape index (κ2) is 7.39. The lowest BCUT2D eigenvalue weighted by atomic mass is 9.82. The number of phenols is 2. The van der Waals surface area contributed by atoms with Crippen molar-refractivity contribution >= 4 is 5.91 Å². The van der Waals surface area contributed by atoms with Crippen LogP contribution in [0.5, 0.6) is 11.5 Å². The lowest BCUT2D eigenvalue weighted by molar-refractivity contribution is -0.125. The molecule has 1 unspecified atom stereocenters. The molecule has 0 radical (unpaired) electrons. The van der Waals surface area contributed by atoms with Gasteiger partial charge < -0.3 is 15.5 Å². The first-order valence-electron chi connectivity index (χ1n) is 8.49. The number of aromatic hydroxyl groups is 2. The largest absolute Gasteiger partial charge is 0.508 e. The molecular weight excluding hydrogens is 302 g/mol. The summed E-state index contributed by atoms with van der Waals surface area (Å²) in [5.74, 6) is 0.285. The van der Waals surface area contributed by atoms with Crippen molar-refractivity contribution in [3.05, 3.63) is 59.2 Å². The molecule has 126 valence electrons. The number of rotatable bonds is 5. The lowest BCUT2D eigenvalue weighted by Gasteiger charge is -2.25. The maximum absolute atomic E-state index is 12.4. The molecule has 0 aromatic heterocycles. The van der Waals surface area contributed by atoms with Crippen LogP contribution >= 0.6 is 0 Å². The van der Waals surface area contributed by atoms with Crippen molar-refractivity contribution < 1.29 is 15.0 Å². The first-order valence-corrected chi connectivity index (χ1v) is 8.49. The first kappa shape index (κ1) is 16.4. The van der Waals surface area contributed by atoms with E-state index in [9.17, 15) is 15.0 Å². The number of phenolic OH excluding ortho intramolecular Hbond substituents is 2. The van der Waals surface area contributed by atoms with Crippen LogP contribution in [0.2, 0.25) is 0 Å². The van der Waals surface area contributed by atoms with E-state index in [1.54, 1.807) is 0 Å². The number of carbonyl (C=O) groups excluding carboxylic acids is 1. The van der Waals surface area contributed by atoms with Crippen LogP contribution < -0.4 is 5.32 Å². The molecule has 0 spiro atoms. The van der Waals surface area contributed by atoms with Gasteiger partial charge in [-0.05, 0) is 49.8 Å². The zero-order valence-electron chi connectivity index (χ0n) is 13.7. The van der Waals surface area contributed by atoms with Crippen molar-refractivity contribution in [1.29, 1.82) is 0 Å². The monoisotopic (exact) mass is 325 g/mol. The van der Waals surface area contributed by atoms with Gasteiger partial charge in [-0.15, -0.1) is 0 Å². The summed E-state index contributed by atoms with van der Waals surface area (Å²) in [5.41, 5.74) is 2.77. The summed E-state index contributed by atoms with van der Waals surface area (Å²) in [5, 5.41) is 22.9. The van der Waals surface area contributed by atoms with E-state index in [0.717, 1.165) is 18.4 Å². The van der Waals surface area contributed by atoms with Gasteiger partial charge in [0.1, 0.15) is 11.5 Å². The number of amides is 1. The molecule has 1 atom stereocenters. The van der Waals surface area contributed by atoms with Crippen molar-refractivity contribution in [1.82, 2.24) is 5.32 Å². The highest BCUT2D eigenvalue weighted by Crippen LogP contribution is 2.36. The SMILES string of the molecule is O=C(NCCCc1ccccc1)C1CCc2c(O)ccc(O)c2C1. The van der Waals surface area contributed by atoms with Crippen molar-refractivity contribution in [3.8, 4) is 11.5 Å². The number of hydrogen-bond acceptors (Lipinski definition) is 3. The fourth-order valence-electron chi connectivity index (χ4n) is 3.36. The van der Waals surface area contributed by atoms with Gasteiger partial charge >= 0.3 is 0 Å². The molecule has 0 heterocycles. The Bertz CT molecular complexity index is 712. The number of carbonyl (C=O) groups is 1. The van der Waals surface area contributed by atoms with Gasteiger partial charge in [-0.2, -0.15) is 0 Å². The Balaban J connectivity index is 1.50. The van der Waals surface area contributed by atoms with Crippen LogP contribution in [-0.4, -0.2) is 22.7 Å². The van der Waals surface area contributed by atoms with Crippen molar-refractivity contribution in [2.24, 2.45) is 5.92 Å². The van der Waals surface area contributed by atoms with E-state index in [2.05, 4.69) is 17.4 Å². The number of benzene rings is 2. The first-order chi connectivity index (χ1) is 11.6. The molecule has 3 rings (SSSR count). The number of aryl methyl sites for hydroxylation is 1. The fraction of sp³-hybridized carbons (Fsp3) is 0.350. The van der Waals surface area contributed by atoms with Gasteiger partial charge in [0.05, 0.1) is 0 Å². The van der Waals surface area contributed by atoms with Gasteiger partial charge in [0.15, 0.2) is 0 Å². The molecule has 1 aliphatic rings. The standard InChI is InChI=1S/C20H23NO3/c22-18-10-11-19(23)17-13-15(8-9-16(17)18)20(24)21-12-4-7-14-5-2-1-3-6-14/h1-3,5-6,10-11,15,22-23H,4,7-9,12-13H2,(H,21,24). The third-order valence-electron chi connectivity index (χ3n) is 4.73. The molecule has 1 aliphatic carbocycles. The third kappa shape index (κ3) is 3.70. The molecule has 0 aliphatic heterocycles. The molecular formula is C20H23NO3. The molecule has 3 N–H and O–H groups in total. The Labute approximate surface area is 142 Å². The number of nitrogens with one attached hydrogen (secondary N) is 1. The highest BCUT2D eigenvalue weighted by Gasteiger charge is 2.27. The van der Waals surface area contributed by atoms with Crippen molar-refractivity contribution in [2.45, 2.75) is 32.1 Å². The summed E-state index contributed by atoms with van der Waals surface area (Å²) >= 11 is 0. The average molecular weight is 325 g/mol. The van der Waals surface area contributed by atoms with Crippen LogP contribution in [0, 0.1) is 5.92 Å². The molecule has 2 aromatic carbocycles. The summed E-state index contributed by atoms with van der Waals surface area (Å²) in [6.45, 7) is 0.656. The molecule has 0 fully saturated rings. The number of fused-ring (bicyclic) bond motifs is 1. The van der Waals surface area contributed by atoms with Crippen molar-refractivity contribution in [3.63, 3.8) is 0 Å². The van der Waals surface area contributed by atoms with Gasteiger partial charge in [0.2, 0.25) is 5.91 Å². The molecule has 2 aromatic rings. The van der Waals surface area contributed by atoms with E-state index >= 15 is 0 Å². The van der Waals surface area contributed by atoms with Crippen molar-refractivity contribution in [2.75, 3.05) is 6.54 Å². The van der Waals surface area contributed by atoms with E-state index in [-0.39, 0.29) is 23.3 Å². The van der Waals surface area contributed by atoms with E-state index in [1.165, 1.54) is 17.7 Å². The second-order valence-electron chi connectivity index (χ2n) is 6.38. The normalized spacial score (nSPS) is 16.4. The maximum atomic E-state index is 12.4. The number of hydrogen-bond donors (Lipinski definition) is 3. The topological polar surface area (TPSA) is 69.6 Å². The van der Waals surface area contributed by atoms with E-state index in [4.69, 9.17) is 0 Å². The molecule has 0 saturated carbocycles. The molecule has 4 heteroatoms. The summed E-state index contributed by atoms with van der Waals surface area (Å²) in [7, 11) is 0. The molecule has 0 saturated heterocycles. The van der Waals surface area contributed by atoms with Crippen LogP contribution in [0.1, 0.15) is 29.5 Å². The van der Waals surface area contributed by atoms with Crippen LogP contribution in [-0.2, 0) is 24.1 Å². The summed E-state index contributed by atoms with van der Waals surface area (Å²) in [6.07, 6.45) is 3.67. The maximum Gasteiger partial charge on any atom is 0.223 e. The summed E-state index contributed by atoms with van der Waals surface area (Å²) in [4.78, 5) is 12.4. The zero-order valence-corrected chi connectivity index (χ0v) is 13.7. The van der Waals surface area contributed by atoms with Gasteiger partial charge in [-0.1, -0.05) is 30.3 Å². The van der Waals surface area contributed by atoms with Crippen LogP contribution in [0.25, 0.3) is 0 Å². The van der Waals surface area contributed by atoms with Gasteiger partial charge in [-0.3, -0.25) is 4.79 Å². The minimum atomic E-state index is -0.137. The van der Waals surface area contributed by atoms with E-state index in [1.807, 2.05) is 18.2 Å². The van der Waals surface area contributed by atoms with E-state index in [0.29, 0.717) is 31.4 Å². The van der Waals surface area contributed by atoms with Crippen LogP contribution in [0.15, 0.2) is 42.5 Å². The van der Waals surface area contributed by atoms with Gasteiger partial charge in [0.25, 0.3) is 0 Å². The Morgan fingerprint density at radius 3 is 2.50 bits per heavy atom. The second-order valence-corrected chi connectivity index (χ2v) is 6.38. The minimum absolute atomic E-state index is 0.0384. The van der Waals surface area contributed by atoms with Gasteiger partial charge in [-0.25, -0.2) is 0 Å². The highest BCUT2D eigenvalue weighted by molar-refractivity contribution is 5.79. The quantitative estimate of drug-likeness (QED) is 0.585. The predicted molar refractivity (Wildman–Crippen MR) is 93.1 cm³/mol. The third-order valence-corrected chi connectivity index (χ3v) is 4.73. The fourth-order valence-corrected chi connectivity index (χ4v) is 3.36. The molecule has 0 bridgehead atoms. The Morgan fingerprint density at radius 2 is 1.75 bits per heavy atom. The Hall–Kier alpha value is -2.49. The van der Waals surface area contributed by atoms with Gasteiger partial charge in [0, 0.05) is 23.6 Å². The highest BCUT2D eigenvalue weighted by atomic mass is 16.3. The summed E-state index contributed by atoms with van der Waals surface area (Å²) in [6, 6.07) is 13.2. The molecule has 24 heavy (non-hydrogen) atoms. The summed E-state index contributed by atoms with van der Waals surface area (Å²) < 4.78 is 0. The predicted octanol–water partition coefficient (Wildman–Crippen LogP) is 2.95. The smallest absolute Gasteiger partial charge is 0.223 e. The Kier molecular flexibility index (Phi) is 5.04. The zero-order chi connectivity index (χ0) is 16.9. The molecule has 1 amide bonds. The Morgan fingerprint density at radius 1 is 1.04 bits per heavy atom. The van der Waals surface area contributed by atoms with Crippen LogP contribution in [0.3, 0.4) is 0 Å². The average Bonchev–Trinajstić information content (AvgIpc) is 2.62. The minimum Gasteiger partial charge on any atom is -0.508 e. The lowest BCUT2D eigenvalue weighted by Crippen LogP contribution is -2.34. The van der Waals surface area contributed by atoms with E-state index < -0.39 is 0 Å².